The zero-order chi connectivity index (χ0) is 22.0. The smallest absolute Gasteiger partial charge is 0.279 e. The van der Waals surface area contributed by atoms with Crippen molar-refractivity contribution in [2.45, 2.75) is 18.7 Å². The number of hydrogen-bond acceptors (Lipinski definition) is 3. The fraction of sp³-hybridized carbons (Fsp3) is 0.292. The van der Waals surface area contributed by atoms with Gasteiger partial charge in [-0.25, -0.2) is 8.42 Å². The predicted molar refractivity (Wildman–Crippen MR) is 123 cm³/mol. The highest BCUT2D eigenvalue weighted by atomic mass is 32.2. The summed E-state index contributed by atoms with van der Waals surface area (Å²) in [5.41, 5.74) is 3.04. The molecule has 1 fully saturated rings. The predicted octanol–water partition coefficient (Wildman–Crippen LogP) is 1.98. The molecular weight excluding hydrogens is 410 g/mol. The van der Waals surface area contributed by atoms with Crippen LogP contribution in [0.5, 0.6) is 0 Å². The van der Waals surface area contributed by atoms with Gasteiger partial charge in [-0.1, -0.05) is 42.5 Å². The maximum atomic E-state index is 13.1. The molecule has 0 bridgehead atoms. The summed E-state index contributed by atoms with van der Waals surface area (Å²) in [6.45, 7) is 6.36. The Hall–Kier alpha value is -2.74. The van der Waals surface area contributed by atoms with Crippen molar-refractivity contribution in [2.75, 3.05) is 38.0 Å². The highest BCUT2D eigenvalue weighted by molar-refractivity contribution is 7.89. The van der Waals surface area contributed by atoms with Gasteiger partial charge in [-0.05, 0) is 53.9 Å². The average Bonchev–Trinajstić information content (AvgIpc) is 2.77. The van der Waals surface area contributed by atoms with Crippen molar-refractivity contribution < 1.29 is 18.1 Å². The molecule has 0 spiro atoms. The molecule has 3 aromatic rings. The first-order valence-corrected chi connectivity index (χ1v) is 12.0. The van der Waals surface area contributed by atoms with Crippen molar-refractivity contribution in [3.63, 3.8) is 0 Å². The number of fused-ring (bicyclic) bond motifs is 1. The van der Waals surface area contributed by atoms with Crippen LogP contribution in [0.1, 0.15) is 11.1 Å². The number of piperazine rings is 1. The quantitative estimate of drug-likeness (QED) is 0.640. The second-order valence-electron chi connectivity index (χ2n) is 8.14. The number of quaternary nitrogens is 1. The lowest BCUT2D eigenvalue weighted by Crippen LogP contribution is -3.15. The first kappa shape index (κ1) is 21.5. The van der Waals surface area contributed by atoms with Crippen LogP contribution in [0.25, 0.3) is 10.8 Å². The normalized spacial score (nSPS) is 15.8. The van der Waals surface area contributed by atoms with Gasteiger partial charge in [-0.15, -0.1) is 0 Å². The molecule has 6 nitrogen and oxygen atoms in total. The van der Waals surface area contributed by atoms with Crippen LogP contribution in [-0.2, 0) is 14.8 Å². The second kappa shape index (κ2) is 8.78. The molecule has 0 unspecified atom stereocenters. The van der Waals surface area contributed by atoms with E-state index in [0.717, 1.165) is 32.5 Å². The number of carbonyl (C=O) groups excluding carboxylic acids is 1. The van der Waals surface area contributed by atoms with Crippen LogP contribution in [-0.4, -0.2) is 51.4 Å². The van der Waals surface area contributed by atoms with Gasteiger partial charge in [0.1, 0.15) is 0 Å². The first-order chi connectivity index (χ1) is 14.8. The molecule has 0 atom stereocenters. The van der Waals surface area contributed by atoms with Crippen molar-refractivity contribution in [1.82, 2.24) is 4.31 Å². The number of benzene rings is 3. The van der Waals surface area contributed by atoms with Crippen molar-refractivity contribution in [2.24, 2.45) is 0 Å². The van der Waals surface area contributed by atoms with E-state index in [-0.39, 0.29) is 5.91 Å². The number of carbonyl (C=O) groups is 1. The summed E-state index contributed by atoms with van der Waals surface area (Å²) in [4.78, 5) is 13.9. The summed E-state index contributed by atoms with van der Waals surface area (Å²) in [5, 5.41) is 4.92. The minimum Gasteiger partial charge on any atom is -0.325 e. The molecule has 1 aliphatic rings. The molecule has 3 aromatic carbocycles. The summed E-state index contributed by atoms with van der Waals surface area (Å²) in [5.74, 6) is -0.0467. The van der Waals surface area contributed by atoms with Gasteiger partial charge in [0.05, 0.1) is 31.1 Å². The lowest BCUT2D eigenvalue weighted by Gasteiger charge is -2.31. The Morgan fingerprint density at radius 3 is 2.42 bits per heavy atom. The summed E-state index contributed by atoms with van der Waals surface area (Å²) in [6.07, 6.45) is 0. The van der Waals surface area contributed by atoms with Crippen molar-refractivity contribution in [3.05, 3.63) is 71.8 Å². The standard InChI is InChI=1S/C24H27N3O3S/c1-18-6-5-9-23(19(18)2)25-24(28)17-26-12-14-27(15-13-26)31(29,30)22-11-10-20-7-3-4-8-21(20)16-22/h3-11,16H,12-15,17H2,1-2H3,(H,25,28)/p+1. The SMILES string of the molecule is Cc1cccc(NC(=O)C[NH+]2CCN(S(=O)(=O)c3ccc4ccccc4c3)CC2)c1C. The maximum Gasteiger partial charge on any atom is 0.279 e. The number of sulfonamides is 1. The van der Waals surface area contributed by atoms with Crippen LogP contribution >= 0.6 is 0 Å². The summed E-state index contributed by atoms with van der Waals surface area (Å²) in [7, 11) is -3.54. The largest absolute Gasteiger partial charge is 0.325 e. The van der Waals surface area contributed by atoms with Gasteiger partial charge >= 0.3 is 0 Å². The minimum absolute atomic E-state index is 0.0467. The zero-order valence-corrected chi connectivity index (χ0v) is 18.7. The zero-order valence-electron chi connectivity index (χ0n) is 17.9. The third-order valence-corrected chi connectivity index (χ3v) is 7.97. The van der Waals surface area contributed by atoms with E-state index in [4.69, 9.17) is 0 Å². The molecule has 1 saturated heterocycles. The molecule has 0 radical (unpaired) electrons. The number of aryl methyl sites for hydroxylation is 1. The van der Waals surface area contributed by atoms with Gasteiger partial charge < -0.3 is 10.2 Å². The third kappa shape index (κ3) is 4.63. The van der Waals surface area contributed by atoms with E-state index in [1.807, 2.05) is 62.4 Å². The number of anilines is 1. The van der Waals surface area contributed by atoms with Crippen LogP contribution in [0, 0.1) is 13.8 Å². The molecule has 1 amide bonds. The van der Waals surface area contributed by atoms with Gasteiger partial charge in [0.2, 0.25) is 10.0 Å². The summed E-state index contributed by atoms with van der Waals surface area (Å²) < 4.78 is 27.7. The van der Waals surface area contributed by atoms with E-state index in [2.05, 4.69) is 5.32 Å². The van der Waals surface area contributed by atoms with E-state index in [1.165, 1.54) is 4.31 Å². The van der Waals surface area contributed by atoms with Crippen LogP contribution < -0.4 is 10.2 Å². The Kier molecular flexibility index (Phi) is 6.09. The Morgan fingerprint density at radius 2 is 1.68 bits per heavy atom. The summed E-state index contributed by atoms with van der Waals surface area (Å²) >= 11 is 0. The summed E-state index contributed by atoms with van der Waals surface area (Å²) in [6, 6.07) is 18.9. The number of rotatable bonds is 5. The second-order valence-corrected chi connectivity index (χ2v) is 10.1. The molecule has 1 aliphatic heterocycles. The van der Waals surface area contributed by atoms with Crippen molar-refractivity contribution >= 4 is 32.4 Å². The highest BCUT2D eigenvalue weighted by Gasteiger charge is 2.31. The maximum absolute atomic E-state index is 13.1. The lowest BCUT2D eigenvalue weighted by molar-refractivity contribution is -0.895. The molecule has 0 saturated carbocycles. The van der Waals surface area contributed by atoms with Crippen LogP contribution in [0.4, 0.5) is 5.69 Å². The van der Waals surface area contributed by atoms with Gasteiger partial charge in [0.15, 0.2) is 6.54 Å². The molecule has 31 heavy (non-hydrogen) atoms. The van der Waals surface area contributed by atoms with Crippen molar-refractivity contribution in [1.29, 1.82) is 0 Å². The van der Waals surface area contributed by atoms with Crippen LogP contribution in [0.2, 0.25) is 0 Å². The number of nitrogens with one attached hydrogen (secondary N) is 2. The minimum atomic E-state index is -3.54. The fourth-order valence-electron chi connectivity index (χ4n) is 4.00. The Balaban J connectivity index is 1.37. The van der Waals surface area contributed by atoms with E-state index >= 15 is 0 Å². The van der Waals surface area contributed by atoms with E-state index in [1.54, 1.807) is 12.1 Å². The molecule has 1 heterocycles. The Bertz CT molecular complexity index is 1220. The molecular formula is C24H28N3O3S+. The Morgan fingerprint density at radius 1 is 0.968 bits per heavy atom. The van der Waals surface area contributed by atoms with Crippen molar-refractivity contribution in [3.8, 4) is 0 Å². The number of hydrogen-bond donors (Lipinski definition) is 2. The first-order valence-electron chi connectivity index (χ1n) is 10.5. The molecule has 0 aromatic heterocycles. The van der Waals surface area contributed by atoms with E-state index < -0.39 is 10.0 Å². The monoisotopic (exact) mass is 438 g/mol. The average molecular weight is 439 g/mol. The van der Waals surface area contributed by atoms with Gasteiger partial charge in [0.25, 0.3) is 5.91 Å². The number of nitrogens with zero attached hydrogens (tertiary/aromatic N) is 1. The van der Waals surface area contributed by atoms with Crippen LogP contribution in [0.15, 0.2) is 65.6 Å². The molecule has 162 valence electrons. The molecule has 4 rings (SSSR count). The van der Waals surface area contributed by atoms with Gasteiger partial charge in [-0.3, -0.25) is 4.79 Å². The van der Waals surface area contributed by atoms with Gasteiger partial charge in [0, 0.05) is 5.69 Å². The highest BCUT2D eigenvalue weighted by Crippen LogP contribution is 2.22. The Labute approximate surface area is 183 Å². The molecule has 7 heteroatoms. The lowest BCUT2D eigenvalue weighted by atomic mass is 10.1. The molecule has 2 N–H and O–H groups in total. The van der Waals surface area contributed by atoms with E-state index in [0.29, 0.717) is 37.6 Å². The topological polar surface area (TPSA) is 70.9 Å². The molecule has 0 aliphatic carbocycles. The van der Waals surface area contributed by atoms with Crippen LogP contribution in [0.3, 0.4) is 0 Å². The van der Waals surface area contributed by atoms with E-state index in [9.17, 15) is 13.2 Å². The number of amides is 1. The van der Waals surface area contributed by atoms with Gasteiger partial charge in [-0.2, -0.15) is 4.31 Å². The fourth-order valence-corrected chi connectivity index (χ4v) is 5.48. The third-order valence-electron chi connectivity index (χ3n) is 6.08.